The van der Waals surface area contributed by atoms with Crippen molar-refractivity contribution in [2.45, 2.75) is 0 Å². The second-order valence-electron chi connectivity index (χ2n) is 12.9. The molecule has 3 heterocycles. The maximum absolute atomic E-state index is 7.50. The molecule has 3 aromatic heterocycles. The van der Waals surface area contributed by atoms with Crippen LogP contribution in [0.2, 0.25) is 0 Å². The molecule has 7 aromatic carbocycles. The van der Waals surface area contributed by atoms with Crippen molar-refractivity contribution in [3.05, 3.63) is 175 Å². The van der Waals surface area contributed by atoms with E-state index in [1.54, 1.807) is 22.7 Å². The van der Waals surface area contributed by atoms with Crippen molar-refractivity contribution < 1.29 is 0 Å². The van der Waals surface area contributed by atoms with E-state index in [1.165, 1.54) is 30.6 Å². The van der Waals surface area contributed by atoms with Crippen LogP contribution in [0.25, 0.3) is 101 Å². The van der Waals surface area contributed by atoms with E-state index < -0.39 is 0 Å². The van der Waals surface area contributed by atoms with E-state index >= 15 is 0 Å². The molecule has 0 N–H and O–H groups in total. The fourth-order valence-electron chi connectivity index (χ4n) is 7.18. The van der Waals surface area contributed by atoms with Crippen LogP contribution < -0.4 is 0 Å². The molecule has 10 rings (SSSR count). The van der Waals surface area contributed by atoms with Crippen molar-refractivity contribution in [2.75, 3.05) is 0 Å². The summed E-state index contributed by atoms with van der Waals surface area (Å²) in [5.74, 6) is 0.711. The number of nitrogens with zero attached hydrogens (tertiary/aromatic N) is 3. The van der Waals surface area contributed by atoms with Gasteiger partial charge in [0.05, 0.1) is 22.5 Å². The predicted octanol–water partition coefficient (Wildman–Crippen LogP) is 14.1. The fourth-order valence-corrected chi connectivity index (χ4v) is 9.55. The molecule has 0 spiro atoms. The smallest absolute Gasteiger partial charge is 0.187 e. The average molecular weight is 698 g/mol. The van der Waals surface area contributed by atoms with Gasteiger partial charge in [-0.3, -0.25) is 0 Å². The number of fused-ring (bicyclic) bond motifs is 6. The third kappa shape index (κ3) is 5.17. The van der Waals surface area contributed by atoms with Gasteiger partial charge >= 0.3 is 0 Å². The zero-order chi connectivity index (χ0) is 34.6. The van der Waals surface area contributed by atoms with E-state index in [0.717, 1.165) is 60.1 Å². The summed E-state index contributed by atoms with van der Waals surface area (Å²) in [6, 6.07) is 57.5. The highest BCUT2D eigenvalue weighted by atomic mass is 32.1. The molecule has 52 heavy (non-hydrogen) atoms. The SMILES string of the molecule is [C-]#[N+]c1ccc2sc3c(-c4cccc(-c5cccc(-c6nc(-c7cccc(-c8ccccc8)c7)c7sc8ccccc8c7n6)c5)c4)cccc3c2c1. The first-order valence-corrected chi connectivity index (χ1v) is 18.7. The Morgan fingerprint density at radius 1 is 0.423 bits per heavy atom. The topological polar surface area (TPSA) is 30.1 Å². The lowest BCUT2D eigenvalue weighted by Gasteiger charge is -2.11. The van der Waals surface area contributed by atoms with Crippen LogP contribution in [0.1, 0.15) is 0 Å². The summed E-state index contributed by atoms with van der Waals surface area (Å²) in [4.78, 5) is 14.2. The molecular weight excluding hydrogens is 671 g/mol. The van der Waals surface area contributed by atoms with Crippen molar-refractivity contribution in [2.24, 2.45) is 0 Å². The van der Waals surface area contributed by atoms with Crippen LogP contribution in [0, 0.1) is 6.57 Å². The molecule has 0 radical (unpaired) electrons. The van der Waals surface area contributed by atoms with Gasteiger partial charge < -0.3 is 0 Å². The van der Waals surface area contributed by atoms with Crippen LogP contribution in [-0.4, -0.2) is 9.97 Å². The van der Waals surface area contributed by atoms with E-state index in [-0.39, 0.29) is 0 Å². The molecule has 0 saturated carbocycles. The van der Waals surface area contributed by atoms with E-state index in [4.69, 9.17) is 16.5 Å². The summed E-state index contributed by atoms with van der Waals surface area (Å²) >= 11 is 3.54. The van der Waals surface area contributed by atoms with E-state index in [9.17, 15) is 0 Å². The van der Waals surface area contributed by atoms with Gasteiger partial charge in [-0.15, -0.1) is 22.7 Å². The highest BCUT2D eigenvalue weighted by molar-refractivity contribution is 7.26. The lowest BCUT2D eigenvalue weighted by molar-refractivity contribution is 1.24. The monoisotopic (exact) mass is 697 g/mol. The van der Waals surface area contributed by atoms with E-state index in [1.807, 2.05) is 12.1 Å². The zero-order valence-electron chi connectivity index (χ0n) is 27.7. The van der Waals surface area contributed by atoms with Crippen LogP contribution >= 0.6 is 22.7 Å². The maximum atomic E-state index is 7.50. The summed E-state index contributed by atoms with van der Waals surface area (Å²) in [5.41, 5.74) is 11.6. The molecule has 5 heteroatoms. The first-order valence-electron chi connectivity index (χ1n) is 17.1. The summed E-state index contributed by atoms with van der Waals surface area (Å²) in [7, 11) is 0. The number of rotatable bonds is 5. The minimum absolute atomic E-state index is 0.669. The Bertz CT molecular complexity index is 3040. The maximum Gasteiger partial charge on any atom is 0.187 e. The quantitative estimate of drug-likeness (QED) is 0.168. The average Bonchev–Trinajstić information content (AvgIpc) is 3.79. The third-order valence-electron chi connectivity index (χ3n) is 9.70. The molecular formula is C47H27N3S2. The zero-order valence-corrected chi connectivity index (χ0v) is 29.4. The van der Waals surface area contributed by atoms with Crippen molar-refractivity contribution in [1.82, 2.24) is 9.97 Å². The van der Waals surface area contributed by atoms with Crippen LogP contribution in [-0.2, 0) is 0 Å². The highest BCUT2D eigenvalue weighted by Gasteiger charge is 2.18. The third-order valence-corrected chi connectivity index (χ3v) is 12.1. The summed E-state index contributed by atoms with van der Waals surface area (Å²) in [6.07, 6.45) is 0. The second-order valence-corrected chi connectivity index (χ2v) is 15.0. The molecule has 0 unspecified atom stereocenters. The molecule has 0 atom stereocenters. The number of hydrogen-bond donors (Lipinski definition) is 0. The molecule has 0 aliphatic rings. The number of hydrogen-bond acceptors (Lipinski definition) is 4. The van der Waals surface area contributed by atoms with Crippen LogP contribution in [0.3, 0.4) is 0 Å². The molecule has 0 aliphatic carbocycles. The summed E-state index contributed by atoms with van der Waals surface area (Å²) < 4.78 is 4.73. The summed E-state index contributed by atoms with van der Waals surface area (Å²) in [6.45, 7) is 7.50. The highest BCUT2D eigenvalue weighted by Crippen LogP contribution is 2.43. The van der Waals surface area contributed by atoms with Crippen molar-refractivity contribution >= 4 is 68.8 Å². The molecule has 0 amide bonds. The second kappa shape index (κ2) is 12.4. The van der Waals surface area contributed by atoms with Crippen molar-refractivity contribution in [3.8, 4) is 56.0 Å². The Morgan fingerprint density at radius 2 is 1.02 bits per heavy atom. The number of aromatic nitrogens is 2. The van der Waals surface area contributed by atoms with Gasteiger partial charge in [0, 0.05) is 30.6 Å². The molecule has 0 saturated heterocycles. The molecule has 0 fully saturated rings. The van der Waals surface area contributed by atoms with Gasteiger partial charge in [0.15, 0.2) is 11.5 Å². The van der Waals surface area contributed by atoms with E-state index in [2.05, 4.69) is 157 Å². The molecule has 242 valence electrons. The van der Waals surface area contributed by atoms with Gasteiger partial charge in [-0.1, -0.05) is 133 Å². The largest absolute Gasteiger partial charge is 0.238 e. The van der Waals surface area contributed by atoms with Gasteiger partial charge in [-0.05, 0) is 74.5 Å². The van der Waals surface area contributed by atoms with Gasteiger partial charge in [-0.2, -0.15) is 0 Å². The van der Waals surface area contributed by atoms with Crippen molar-refractivity contribution in [3.63, 3.8) is 0 Å². The predicted molar refractivity (Wildman–Crippen MR) is 221 cm³/mol. The minimum atomic E-state index is 0.669. The lowest BCUT2D eigenvalue weighted by Crippen LogP contribution is -1.94. The van der Waals surface area contributed by atoms with Gasteiger partial charge in [0.2, 0.25) is 0 Å². The first kappa shape index (κ1) is 30.4. The Labute approximate surface area is 308 Å². The Morgan fingerprint density at radius 3 is 1.85 bits per heavy atom. The number of benzene rings is 7. The van der Waals surface area contributed by atoms with Crippen LogP contribution in [0.5, 0.6) is 0 Å². The van der Waals surface area contributed by atoms with E-state index in [0.29, 0.717) is 11.5 Å². The minimum Gasteiger partial charge on any atom is -0.238 e. The summed E-state index contributed by atoms with van der Waals surface area (Å²) in [5, 5.41) is 3.48. The Kier molecular flexibility index (Phi) is 7.24. The molecule has 0 aliphatic heterocycles. The molecule has 0 bridgehead atoms. The normalized spacial score (nSPS) is 11.4. The van der Waals surface area contributed by atoms with Gasteiger partial charge in [0.25, 0.3) is 0 Å². The number of thiophene rings is 2. The Hall–Kier alpha value is -6.45. The Balaban J connectivity index is 1.09. The molecule has 3 nitrogen and oxygen atoms in total. The van der Waals surface area contributed by atoms with Crippen LogP contribution in [0.4, 0.5) is 5.69 Å². The van der Waals surface area contributed by atoms with Gasteiger partial charge in [0.1, 0.15) is 0 Å². The van der Waals surface area contributed by atoms with Crippen molar-refractivity contribution in [1.29, 1.82) is 0 Å². The fraction of sp³-hybridized carbons (Fsp3) is 0. The van der Waals surface area contributed by atoms with Crippen LogP contribution in [0.15, 0.2) is 164 Å². The first-order chi connectivity index (χ1) is 25.7. The molecule has 10 aromatic rings. The lowest BCUT2D eigenvalue weighted by atomic mass is 9.97. The standard InChI is InChI=1S/C47H27N3S2/c1-48-36-23-24-42-40(28-36)38-21-10-20-37(45(38)51-42)33-16-7-14-31(25-33)32-15-9-18-35(27-32)47-49-43(46-44(50-47)39-19-5-6-22-41(39)52-46)34-17-8-13-30(26-34)29-11-3-2-4-12-29/h2-28H. The van der Waals surface area contributed by atoms with Gasteiger partial charge in [-0.25, -0.2) is 14.8 Å².